The summed E-state index contributed by atoms with van der Waals surface area (Å²) in [6.45, 7) is 10.9. The average Bonchev–Trinajstić information content (AvgIpc) is 4.02. The number of sulfonamides is 1. The van der Waals surface area contributed by atoms with Gasteiger partial charge in [-0.2, -0.15) is 0 Å². The number of rotatable bonds is 9. The number of carbonyl (C=O) groups excluding carboxylic acids is 4. The van der Waals surface area contributed by atoms with E-state index in [1.807, 2.05) is 19.1 Å². The van der Waals surface area contributed by atoms with E-state index in [2.05, 4.69) is 27.4 Å². The minimum Gasteiger partial charge on any atom is -0.471 e. The second kappa shape index (κ2) is 16.0. The maximum absolute atomic E-state index is 14.8. The molecule has 4 aliphatic rings. The first-order chi connectivity index (χ1) is 26.8. The van der Waals surface area contributed by atoms with E-state index in [1.54, 1.807) is 52.0 Å². The van der Waals surface area contributed by atoms with Gasteiger partial charge in [0.05, 0.1) is 35.2 Å². The molecule has 3 N–H and O–H groups in total. The Balaban J connectivity index is 1.37. The van der Waals surface area contributed by atoms with Crippen LogP contribution in [0.1, 0.15) is 86.5 Å². The van der Waals surface area contributed by atoms with Crippen LogP contribution in [0, 0.1) is 17.8 Å². The molecule has 312 valence electrons. The molecule has 1 saturated heterocycles. The molecule has 7 atom stereocenters. The van der Waals surface area contributed by atoms with Crippen molar-refractivity contribution < 1.29 is 41.8 Å². The largest absolute Gasteiger partial charge is 0.471 e. The molecule has 6 rings (SSSR count). The molecule has 2 aliphatic heterocycles. The molecular weight excluding hydrogens is 757 g/mol. The van der Waals surface area contributed by atoms with Gasteiger partial charge in [0, 0.05) is 19.4 Å². The molecule has 2 saturated carbocycles. The number of benzene rings is 1. The highest BCUT2D eigenvalue weighted by Gasteiger charge is 2.63. The summed E-state index contributed by atoms with van der Waals surface area (Å²) in [5, 5.41) is 11.0. The highest BCUT2D eigenvalue weighted by molar-refractivity contribution is 7.91. The summed E-state index contributed by atoms with van der Waals surface area (Å²) in [4.78, 5) is 71.2. The van der Waals surface area contributed by atoms with Crippen molar-refractivity contribution in [2.24, 2.45) is 17.8 Å². The number of nitrogens with zero attached hydrogens (tertiary/aromatic N) is 3. The fourth-order valence-corrected chi connectivity index (χ4v) is 9.12. The summed E-state index contributed by atoms with van der Waals surface area (Å²) in [7, 11) is -2.51. The number of carbonyl (C=O) groups is 4. The Morgan fingerprint density at radius 1 is 1.07 bits per heavy atom. The molecule has 2 aromatic rings. The number of allylic oxidation sites excluding steroid dienone is 1. The summed E-state index contributed by atoms with van der Waals surface area (Å²) in [5.74, 6) is -2.66. The van der Waals surface area contributed by atoms with Crippen molar-refractivity contribution in [2.75, 3.05) is 20.3 Å². The Morgan fingerprint density at radius 3 is 2.44 bits per heavy atom. The first-order valence-electron chi connectivity index (χ1n) is 19.8. The number of hydrogen-bond donors (Lipinski definition) is 3. The van der Waals surface area contributed by atoms with Crippen molar-refractivity contribution in [3.63, 3.8) is 0 Å². The van der Waals surface area contributed by atoms with Crippen LogP contribution in [0.5, 0.6) is 5.88 Å². The van der Waals surface area contributed by atoms with Gasteiger partial charge in [0.2, 0.25) is 27.7 Å². The van der Waals surface area contributed by atoms with Gasteiger partial charge in [-0.25, -0.2) is 17.9 Å². The summed E-state index contributed by atoms with van der Waals surface area (Å²) in [6.07, 6.45) is 5.12. The summed E-state index contributed by atoms with van der Waals surface area (Å²) < 4.78 is 46.1. The molecule has 4 amide bonds. The van der Waals surface area contributed by atoms with Crippen molar-refractivity contribution in [1.29, 1.82) is 0 Å². The molecule has 0 spiro atoms. The number of alkyl carbamates (subject to hydrolysis) is 1. The smallest absolute Gasteiger partial charge is 0.408 e. The normalized spacial score (nSPS) is 28.9. The lowest BCUT2D eigenvalue weighted by atomic mass is 9.88. The van der Waals surface area contributed by atoms with Crippen molar-refractivity contribution in [3.05, 3.63) is 46.8 Å². The molecule has 2 aliphatic carbocycles. The van der Waals surface area contributed by atoms with Gasteiger partial charge in [-0.1, -0.05) is 38.1 Å². The lowest BCUT2D eigenvalue weighted by Gasteiger charge is -2.33. The van der Waals surface area contributed by atoms with Gasteiger partial charge in [0.15, 0.2) is 0 Å². The van der Waals surface area contributed by atoms with Crippen molar-refractivity contribution in [2.45, 2.75) is 127 Å². The third-order valence-corrected chi connectivity index (χ3v) is 13.7. The molecule has 1 aromatic heterocycles. The van der Waals surface area contributed by atoms with Crippen molar-refractivity contribution >= 4 is 44.6 Å². The fraction of sp³-hybridized carbons (Fsp3) is 0.650. The first kappa shape index (κ1) is 42.1. The molecule has 57 heavy (non-hydrogen) atoms. The van der Waals surface area contributed by atoms with Crippen LogP contribution >= 0.6 is 0 Å². The van der Waals surface area contributed by atoms with Crippen molar-refractivity contribution in [3.8, 4) is 5.88 Å². The molecule has 7 unspecified atom stereocenters. The van der Waals surface area contributed by atoms with Gasteiger partial charge in [-0.15, -0.1) is 5.10 Å². The number of fused-ring (bicyclic) bond motifs is 3. The van der Waals surface area contributed by atoms with Crippen LogP contribution < -0.4 is 25.7 Å². The zero-order valence-electron chi connectivity index (χ0n) is 33.8. The summed E-state index contributed by atoms with van der Waals surface area (Å²) in [5.41, 5.74) is -2.75. The van der Waals surface area contributed by atoms with E-state index in [0.29, 0.717) is 36.5 Å². The number of ether oxygens (including phenoxy) is 3. The van der Waals surface area contributed by atoms with E-state index < -0.39 is 73.8 Å². The highest BCUT2D eigenvalue weighted by atomic mass is 32.2. The second-order valence-corrected chi connectivity index (χ2v) is 19.7. The monoisotopic (exact) mass is 812 g/mol. The molecule has 3 fully saturated rings. The maximum atomic E-state index is 14.8. The van der Waals surface area contributed by atoms with Gasteiger partial charge in [-0.3, -0.25) is 23.9 Å². The maximum Gasteiger partial charge on any atom is 0.408 e. The van der Waals surface area contributed by atoms with E-state index in [1.165, 1.54) is 16.7 Å². The van der Waals surface area contributed by atoms with Crippen LogP contribution in [0.2, 0.25) is 0 Å². The molecule has 3 heterocycles. The average molecular weight is 813 g/mol. The van der Waals surface area contributed by atoms with Crippen LogP contribution in [-0.4, -0.2) is 101 Å². The lowest BCUT2D eigenvalue weighted by molar-refractivity contribution is -0.142. The van der Waals surface area contributed by atoms with Crippen LogP contribution in [0.3, 0.4) is 0 Å². The number of aromatic nitrogens is 2. The molecule has 17 heteroatoms. The van der Waals surface area contributed by atoms with E-state index in [4.69, 9.17) is 14.2 Å². The number of hydrogen-bond acceptors (Lipinski definition) is 11. The topological polar surface area (TPSA) is 204 Å². The third kappa shape index (κ3) is 9.14. The predicted molar refractivity (Wildman–Crippen MR) is 211 cm³/mol. The first-order valence-corrected chi connectivity index (χ1v) is 21.3. The fourth-order valence-electron chi connectivity index (χ4n) is 7.81. The van der Waals surface area contributed by atoms with Gasteiger partial charge in [0.1, 0.15) is 29.3 Å². The highest BCUT2D eigenvalue weighted by Crippen LogP contribution is 2.47. The summed E-state index contributed by atoms with van der Waals surface area (Å²) in [6, 6.07) is 4.55. The zero-order valence-corrected chi connectivity index (χ0v) is 34.6. The Hall–Kier alpha value is -4.51. The van der Waals surface area contributed by atoms with Crippen LogP contribution in [0.25, 0.3) is 10.8 Å². The molecule has 16 nitrogen and oxygen atoms in total. The SMILES string of the molecule is COCCn1nc(OC2CC3C(=O)NC4(C(=O)NS(=O)(=O)C5(C)CC5)CC4C=CCCC(C)CC(C)C(NC(=O)OC(C)(C)C)C(=O)N3C2)c2ccccc2c1=O. The van der Waals surface area contributed by atoms with Gasteiger partial charge >= 0.3 is 6.09 Å². The Kier molecular flexibility index (Phi) is 11.8. The van der Waals surface area contributed by atoms with Crippen LogP contribution in [-0.2, 0) is 40.4 Å². The zero-order chi connectivity index (χ0) is 41.5. The number of nitrogens with one attached hydrogen (secondary N) is 3. The minimum atomic E-state index is -4.03. The van der Waals surface area contributed by atoms with Crippen molar-refractivity contribution in [1.82, 2.24) is 30.0 Å². The second-order valence-electron chi connectivity index (χ2n) is 17.5. The van der Waals surface area contributed by atoms with Gasteiger partial charge < -0.3 is 29.7 Å². The van der Waals surface area contributed by atoms with E-state index in [9.17, 15) is 32.4 Å². The molecule has 0 bridgehead atoms. The third-order valence-electron chi connectivity index (χ3n) is 11.5. The lowest BCUT2D eigenvalue weighted by Crippen LogP contribution is -2.59. The minimum absolute atomic E-state index is 0.0384. The Morgan fingerprint density at radius 2 is 1.77 bits per heavy atom. The molecule has 1 aromatic carbocycles. The quantitative estimate of drug-likeness (QED) is 0.314. The molecule has 0 radical (unpaired) electrons. The van der Waals surface area contributed by atoms with Gasteiger partial charge in [0.25, 0.3) is 11.5 Å². The summed E-state index contributed by atoms with van der Waals surface area (Å²) >= 11 is 0. The molecular formula is C40H56N6O10S. The van der Waals surface area contributed by atoms with E-state index >= 15 is 0 Å². The standard InChI is InChI=1S/C40H56N6O10S/c1-24-12-8-9-13-26-22-40(26,36(50)44-57(52,53)39(6)16-17-39)42-32(47)30-21-27(23-45(30)35(49)31(25(2)20-24)41-37(51)56-38(3,4)5)55-33-28-14-10-11-15-29(28)34(48)46(43-33)18-19-54-7/h9-11,13-15,24-27,30-31H,8,12,16-23H2,1-7H3,(H,41,51)(H,42,47)(H,44,50). The van der Waals surface area contributed by atoms with E-state index in [-0.39, 0.29) is 55.8 Å². The van der Waals surface area contributed by atoms with E-state index in [0.717, 1.165) is 6.42 Å². The number of amides is 4. The predicted octanol–water partition coefficient (Wildman–Crippen LogP) is 3.17. The van der Waals surface area contributed by atoms with Crippen LogP contribution in [0.4, 0.5) is 4.79 Å². The Bertz CT molecular complexity index is 2090. The Labute approximate surface area is 333 Å². The van der Waals surface area contributed by atoms with Gasteiger partial charge in [-0.05, 0) is 90.2 Å². The number of methoxy groups -OCH3 is 1. The van der Waals surface area contributed by atoms with Crippen LogP contribution in [0.15, 0.2) is 41.2 Å².